The van der Waals surface area contributed by atoms with Gasteiger partial charge in [-0.05, 0) is 12.5 Å². The van der Waals surface area contributed by atoms with Gasteiger partial charge in [-0.2, -0.15) is 5.10 Å². The minimum atomic E-state index is 0.288. The van der Waals surface area contributed by atoms with Crippen molar-refractivity contribution in [3.63, 3.8) is 0 Å². The Balaban J connectivity index is 2.41. The summed E-state index contributed by atoms with van der Waals surface area (Å²) in [5.41, 5.74) is 2.83. The Bertz CT molecular complexity index is 494. The number of nitrogens with zero attached hydrogens (tertiary/aromatic N) is 2. The molecular weight excluding hydrogens is 172 g/mol. The van der Waals surface area contributed by atoms with Crippen molar-refractivity contribution in [2.45, 2.75) is 32.2 Å². The molecule has 2 heterocycles. The van der Waals surface area contributed by atoms with Gasteiger partial charge in [-0.3, -0.25) is 4.68 Å². The van der Waals surface area contributed by atoms with Crippen LogP contribution in [0.1, 0.15) is 26.0 Å². The highest BCUT2D eigenvalue weighted by atomic mass is 15.3. The summed E-state index contributed by atoms with van der Waals surface area (Å²) in [6, 6.07) is 8.43. The normalized spacial score (nSPS) is 18.7. The first kappa shape index (κ1) is 8.04. The minimum Gasteiger partial charge on any atom is -0.268 e. The first-order chi connectivity index (χ1) is 6.68. The molecule has 0 radical (unpaired) electrons. The summed E-state index contributed by atoms with van der Waals surface area (Å²) < 4.78 is 2.17. The van der Waals surface area contributed by atoms with E-state index in [4.69, 9.17) is 0 Å². The Labute approximate surface area is 83.5 Å². The minimum absolute atomic E-state index is 0.288. The smallest absolute Gasteiger partial charge is 0.0926 e. The van der Waals surface area contributed by atoms with E-state index in [0.717, 1.165) is 12.1 Å². The molecule has 2 nitrogen and oxygen atoms in total. The van der Waals surface area contributed by atoms with Crippen LogP contribution in [0.5, 0.6) is 0 Å². The molecule has 3 rings (SSSR count). The predicted octanol–water partition coefficient (Wildman–Crippen LogP) is 2.72. The van der Waals surface area contributed by atoms with Gasteiger partial charge >= 0.3 is 0 Å². The quantitative estimate of drug-likeness (QED) is 0.618. The zero-order chi connectivity index (χ0) is 9.76. The lowest BCUT2D eigenvalue weighted by atomic mass is 9.87. The van der Waals surface area contributed by atoms with Crippen LogP contribution in [-0.4, -0.2) is 9.78 Å². The molecule has 72 valence electrons. The van der Waals surface area contributed by atoms with Gasteiger partial charge in [-0.15, -0.1) is 0 Å². The molecule has 0 amide bonds. The van der Waals surface area contributed by atoms with Gasteiger partial charge in [-0.25, -0.2) is 0 Å². The topological polar surface area (TPSA) is 17.8 Å². The molecule has 0 bridgehead atoms. The molecule has 0 saturated carbocycles. The fourth-order valence-electron chi connectivity index (χ4n) is 2.46. The van der Waals surface area contributed by atoms with E-state index in [2.05, 4.69) is 47.9 Å². The van der Waals surface area contributed by atoms with Gasteiger partial charge in [0.1, 0.15) is 0 Å². The van der Waals surface area contributed by atoms with Gasteiger partial charge in [0.2, 0.25) is 0 Å². The molecule has 1 aliphatic rings. The highest BCUT2D eigenvalue weighted by Gasteiger charge is 2.33. The highest BCUT2D eigenvalue weighted by molar-refractivity contribution is 5.82. The summed E-state index contributed by atoms with van der Waals surface area (Å²) in [4.78, 5) is 0. The number of fused-ring (bicyclic) bond motifs is 3. The number of rotatable bonds is 0. The molecule has 14 heavy (non-hydrogen) atoms. The van der Waals surface area contributed by atoms with E-state index in [-0.39, 0.29) is 5.41 Å². The third kappa shape index (κ3) is 0.884. The summed E-state index contributed by atoms with van der Waals surface area (Å²) in [6.45, 7) is 5.68. The average Bonchev–Trinajstić information content (AvgIpc) is 2.65. The number of hydrogen-bond donors (Lipinski definition) is 0. The van der Waals surface area contributed by atoms with E-state index in [1.54, 1.807) is 0 Å². The molecular formula is C12H14N2. The van der Waals surface area contributed by atoms with E-state index < -0.39 is 0 Å². The molecule has 2 heteroatoms. The van der Waals surface area contributed by atoms with Crippen LogP contribution in [0.2, 0.25) is 0 Å². The molecule has 0 unspecified atom stereocenters. The van der Waals surface area contributed by atoms with Crippen molar-refractivity contribution in [2.75, 3.05) is 0 Å². The van der Waals surface area contributed by atoms with Crippen molar-refractivity contribution in [3.8, 4) is 0 Å². The zero-order valence-corrected chi connectivity index (χ0v) is 8.62. The Morgan fingerprint density at radius 1 is 1.29 bits per heavy atom. The second kappa shape index (κ2) is 2.38. The molecule has 0 aliphatic carbocycles. The van der Waals surface area contributed by atoms with Gasteiger partial charge in [0.15, 0.2) is 0 Å². The van der Waals surface area contributed by atoms with Crippen molar-refractivity contribution >= 4 is 10.9 Å². The van der Waals surface area contributed by atoms with E-state index in [9.17, 15) is 0 Å². The maximum Gasteiger partial charge on any atom is 0.0926 e. The number of aromatic nitrogens is 2. The summed E-state index contributed by atoms with van der Waals surface area (Å²) in [5.74, 6) is 0. The van der Waals surface area contributed by atoms with Crippen molar-refractivity contribution in [2.24, 2.45) is 0 Å². The van der Waals surface area contributed by atoms with Gasteiger partial charge in [0, 0.05) is 17.3 Å². The molecule has 1 aliphatic heterocycles. The molecule has 0 fully saturated rings. The third-order valence-electron chi connectivity index (χ3n) is 3.24. The van der Waals surface area contributed by atoms with E-state index in [1.807, 2.05) is 0 Å². The van der Waals surface area contributed by atoms with E-state index >= 15 is 0 Å². The molecule has 1 aromatic carbocycles. The second-order valence-corrected chi connectivity index (χ2v) is 4.72. The SMILES string of the molecule is CC1(C)CCn2nc3ccccc3c21. The standard InChI is InChI=1S/C12H14N2/c1-12(2)7-8-14-11(12)9-5-3-4-6-10(9)13-14/h3-6H,7-8H2,1-2H3. The van der Waals surface area contributed by atoms with E-state index in [1.165, 1.54) is 17.5 Å². The number of benzene rings is 1. The van der Waals surface area contributed by atoms with Gasteiger partial charge in [0.05, 0.1) is 11.2 Å². The van der Waals surface area contributed by atoms with Crippen molar-refractivity contribution in [3.05, 3.63) is 30.0 Å². The molecule has 0 atom stereocenters. The van der Waals surface area contributed by atoms with Gasteiger partial charge in [-0.1, -0.05) is 32.0 Å². The van der Waals surface area contributed by atoms with Crippen molar-refractivity contribution in [1.82, 2.24) is 9.78 Å². The zero-order valence-electron chi connectivity index (χ0n) is 8.62. The van der Waals surface area contributed by atoms with Crippen LogP contribution in [0.3, 0.4) is 0 Å². The number of aryl methyl sites for hydroxylation is 1. The van der Waals surface area contributed by atoms with Crippen molar-refractivity contribution in [1.29, 1.82) is 0 Å². The van der Waals surface area contributed by atoms with Crippen LogP contribution in [0.15, 0.2) is 24.3 Å². The molecule has 1 aromatic heterocycles. The Kier molecular flexibility index (Phi) is 1.37. The van der Waals surface area contributed by atoms with Crippen LogP contribution in [0.4, 0.5) is 0 Å². The fourth-order valence-corrected chi connectivity index (χ4v) is 2.46. The Morgan fingerprint density at radius 2 is 2.07 bits per heavy atom. The lowest BCUT2D eigenvalue weighted by Crippen LogP contribution is -2.12. The van der Waals surface area contributed by atoms with Gasteiger partial charge in [0.25, 0.3) is 0 Å². The highest BCUT2D eigenvalue weighted by Crippen LogP contribution is 2.38. The first-order valence-corrected chi connectivity index (χ1v) is 5.14. The fraction of sp³-hybridized carbons (Fsp3) is 0.417. The third-order valence-corrected chi connectivity index (χ3v) is 3.24. The van der Waals surface area contributed by atoms with Crippen LogP contribution >= 0.6 is 0 Å². The molecule has 2 aromatic rings. The first-order valence-electron chi connectivity index (χ1n) is 5.14. The van der Waals surface area contributed by atoms with Crippen LogP contribution in [0.25, 0.3) is 10.9 Å². The van der Waals surface area contributed by atoms with Crippen LogP contribution < -0.4 is 0 Å². The number of hydrogen-bond acceptors (Lipinski definition) is 1. The summed E-state index contributed by atoms with van der Waals surface area (Å²) in [6.07, 6.45) is 1.21. The average molecular weight is 186 g/mol. The summed E-state index contributed by atoms with van der Waals surface area (Å²) in [5, 5.41) is 5.93. The maximum atomic E-state index is 4.61. The summed E-state index contributed by atoms with van der Waals surface area (Å²) >= 11 is 0. The van der Waals surface area contributed by atoms with Crippen molar-refractivity contribution < 1.29 is 0 Å². The Hall–Kier alpha value is -1.31. The van der Waals surface area contributed by atoms with Gasteiger partial charge < -0.3 is 0 Å². The predicted molar refractivity (Wildman–Crippen MR) is 57.4 cm³/mol. The Morgan fingerprint density at radius 3 is 2.93 bits per heavy atom. The van der Waals surface area contributed by atoms with E-state index in [0.29, 0.717) is 0 Å². The largest absolute Gasteiger partial charge is 0.268 e. The lowest BCUT2D eigenvalue weighted by molar-refractivity contribution is 0.521. The summed E-state index contributed by atoms with van der Waals surface area (Å²) in [7, 11) is 0. The second-order valence-electron chi connectivity index (χ2n) is 4.72. The van der Waals surface area contributed by atoms with Crippen LogP contribution in [-0.2, 0) is 12.0 Å². The monoisotopic (exact) mass is 186 g/mol. The van der Waals surface area contributed by atoms with Crippen LogP contribution in [0, 0.1) is 0 Å². The maximum absolute atomic E-state index is 4.61. The lowest BCUT2D eigenvalue weighted by Gasteiger charge is -2.16. The molecule has 0 N–H and O–H groups in total. The molecule has 0 spiro atoms. The molecule has 0 saturated heterocycles.